The highest BCUT2D eigenvalue weighted by molar-refractivity contribution is 5.93. The molecule has 10 heteroatoms. The number of nitrogens with zero attached hydrogens (tertiary/aromatic N) is 1. The lowest BCUT2D eigenvalue weighted by Crippen LogP contribution is -2.59. The predicted octanol–water partition coefficient (Wildman–Crippen LogP) is 3.20. The van der Waals surface area contributed by atoms with Gasteiger partial charge in [0, 0.05) is 18.0 Å². The highest BCUT2D eigenvalue weighted by Crippen LogP contribution is 2.43. The molecule has 3 saturated heterocycles. The van der Waals surface area contributed by atoms with Gasteiger partial charge in [-0.25, -0.2) is 4.79 Å². The maximum atomic E-state index is 14.1. The van der Waals surface area contributed by atoms with Gasteiger partial charge >= 0.3 is 6.03 Å². The summed E-state index contributed by atoms with van der Waals surface area (Å²) in [5, 5.41) is 19.4. The Kier molecular flexibility index (Phi) is 11.0. The molecule has 0 saturated carbocycles. The van der Waals surface area contributed by atoms with Crippen molar-refractivity contribution in [1.82, 2.24) is 20.9 Å². The molecule has 10 nitrogen and oxygen atoms in total. The Balaban J connectivity index is 1.91. The molecular formula is C30H52N4O6. The monoisotopic (exact) mass is 564 g/mol. The van der Waals surface area contributed by atoms with Crippen LogP contribution in [-0.4, -0.2) is 81.7 Å². The molecule has 3 rings (SSSR count). The first-order chi connectivity index (χ1) is 18.7. The third kappa shape index (κ3) is 8.90. The summed E-state index contributed by atoms with van der Waals surface area (Å²) >= 11 is 0. The van der Waals surface area contributed by atoms with E-state index in [1.165, 1.54) is 6.92 Å². The molecule has 4 N–H and O–H groups in total. The molecule has 3 fully saturated rings. The van der Waals surface area contributed by atoms with Crippen molar-refractivity contribution in [3.63, 3.8) is 0 Å². The lowest BCUT2D eigenvalue weighted by molar-refractivity contribution is -0.142. The van der Waals surface area contributed by atoms with Gasteiger partial charge in [0.1, 0.15) is 18.2 Å². The van der Waals surface area contributed by atoms with Crippen molar-refractivity contribution >= 4 is 23.6 Å². The standard InChI is InChI=1S/C30H52N4O6/c1-19(35)25(36)21-15-13-11-9-7-8-10-12-14-16-22(32-28(39)33-29(2,3)4)27(38)34-18-23-20(17-30(5,6)40-23)24(34)26(37)31-21/h20-25,36H,7-18H2,1-6H3,(H,31,37)(H2,32,33,39)/t20-,21-,22-,23-,24-,25?/m0/s1. The van der Waals surface area contributed by atoms with E-state index in [0.29, 0.717) is 19.3 Å². The van der Waals surface area contributed by atoms with Gasteiger partial charge in [-0.2, -0.15) is 0 Å². The lowest BCUT2D eigenvalue weighted by Gasteiger charge is -2.33. The number of hydrogen-bond acceptors (Lipinski definition) is 6. The lowest BCUT2D eigenvalue weighted by atomic mass is 9.89. The summed E-state index contributed by atoms with van der Waals surface area (Å²) in [5.74, 6) is -1.30. The predicted molar refractivity (Wildman–Crippen MR) is 153 cm³/mol. The summed E-state index contributed by atoms with van der Waals surface area (Å²) in [5.41, 5.74) is -0.899. The quantitative estimate of drug-likeness (QED) is 0.416. The summed E-state index contributed by atoms with van der Waals surface area (Å²) < 4.78 is 6.26. The van der Waals surface area contributed by atoms with Crippen molar-refractivity contribution in [2.75, 3.05) is 6.54 Å². The van der Waals surface area contributed by atoms with Crippen LogP contribution in [-0.2, 0) is 19.1 Å². The topological polar surface area (TPSA) is 137 Å². The number of amides is 4. The molecule has 3 aliphatic rings. The second-order valence-corrected chi connectivity index (χ2v) is 13.7. The molecule has 0 radical (unpaired) electrons. The maximum Gasteiger partial charge on any atom is 0.315 e. The number of aliphatic hydroxyl groups is 1. The fourth-order valence-corrected chi connectivity index (χ4v) is 6.46. The first-order valence-corrected chi connectivity index (χ1v) is 15.2. The number of carbonyl (C=O) groups excluding carboxylic acids is 4. The van der Waals surface area contributed by atoms with Crippen LogP contribution in [0.25, 0.3) is 0 Å². The summed E-state index contributed by atoms with van der Waals surface area (Å²) in [7, 11) is 0. The third-order valence-electron chi connectivity index (χ3n) is 8.32. The molecule has 4 amide bonds. The fraction of sp³-hybridized carbons (Fsp3) is 0.867. The number of rotatable bonds is 3. The minimum Gasteiger partial charge on any atom is -0.383 e. The van der Waals surface area contributed by atoms with Crippen molar-refractivity contribution in [3.05, 3.63) is 0 Å². The first kappa shape index (κ1) is 32.3. The van der Waals surface area contributed by atoms with Gasteiger partial charge in [-0.3, -0.25) is 14.4 Å². The van der Waals surface area contributed by atoms with Gasteiger partial charge < -0.3 is 30.7 Å². The van der Waals surface area contributed by atoms with Crippen LogP contribution in [0.1, 0.15) is 112 Å². The third-order valence-corrected chi connectivity index (χ3v) is 8.32. The molecule has 0 aromatic carbocycles. The van der Waals surface area contributed by atoms with Gasteiger partial charge in [0.25, 0.3) is 0 Å². The number of hydrogen-bond donors (Lipinski definition) is 4. The normalized spacial score (nSPS) is 31.4. The molecular weight excluding hydrogens is 512 g/mol. The first-order valence-electron chi connectivity index (χ1n) is 15.2. The second-order valence-electron chi connectivity index (χ2n) is 13.7. The van der Waals surface area contributed by atoms with Crippen LogP contribution in [0.2, 0.25) is 0 Å². The van der Waals surface area contributed by atoms with E-state index >= 15 is 0 Å². The number of Topliss-reactive ketones (excluding diaryl/α,β-unsaturated/α-hetero) is 1. The number of carbonyl (C=O) groups is 4. The molecule has 1 unspecified atom stereocenters. The van der Waals surface area contributed by atoms with Gasteiger partial charge in [0.15, 0.2) is 5.78 Å². The minimum absolute atomic E-state index is 0.222. The summed E-state index contributed by atoms with van der Waals surface area (Å²) in [6, 6.07) is -2.73. The van der Waals surface area contributed by atoms with Crippen molar-refractivity contribution < 1.29 is 29.0 Å². The highest BCUT2D eigenvalue weighted by Gasteiger charge is 2.56. The minimum atomic E-state index is -1.31. The Morgan fingerprint density at radius 2 is 1.60 bits per heavy atom. The fourth-order valence-electron chi connectivity index (χ4n) is 6.46. The molecule has 3 heterocycles. The van der Waals surface area contributed by atoms with Crippen molar-refractivity contribution in [2.24, 2.45) is 5.92 Å². The summed E-state index contributed by atoms with van der Waals surface area (Å²) in [6.07, 6.45) is 7.77. The van der Waals surface area contributed by atoms with E-state index in [0.717, 1.165) is 51.4 Å². The van der Waals surface area contributed by atoms with E-state index in [1.807, 2.05) is 34.6 Å². The molecule has 0 aliphatic carbocycles. The van der Waals surface area contributed by atoms with Crippen molar-refractivity contribution in [3.8, 4) is 0 Å². The molecule has 0 aromatic heterocycles. The van der Waals surface area contributed by atoms with E-state index in [4.69, 9.17) is 4.74 Å². The van der Waals surface area contributed by atoms with Crippen LogP contribution in [0.3, 0.4) is 0 Å². The van der Waals surface area contributed by atoms with Crippen LogP contribution in [0.15, 0.2) is 0 Å². The van der Waals surface area contributed by atoms with E-state index in [9.17, 15) is 24.3 Å². The van der Waals surface area contributed by atoms with Gasteiger partial charge in [0.2, 0.25) is 11.8 Å². The van der Waals surface area contributed by atoms with Crippen LogP contribution >= 0.6 is 0 Å². The van der Waals surface area contributed by atoms with Gasteiger partial charge in [-0.1, -0.05) is 51.4 Å². The SMILES string of the molecule is CC(=O)C(O)[C@@H]1CCCCCCCCCC[C@H](NC(=O)NC(C)(C)C)C(=O)N2C[C@@H]3OC(C)(C)C[C@@H]3[C@H]2C(=O)N1. The Morgan fingerprint density at radius 3 is 2.17 bits per heavy atom. The van der Waals surface area contributed by atoms with Gasteiger partial charge in [0.05, 0.1) is 17.7 Å². The molecule has 0 spiro atoms. The second kappa shape index (κ2) is 13.6. The smallest absolute Gasteiger partial charge is 0.315 e. The number of ether oxygens (including phenoxy) is 1. The molecule has 228 valence electrons. The van der Waals surface area contributed by atoms with Gasteiger partial charge in [-0.05, 0) is 60.8 Å². The Bertz CT molecular complexity index is 916. The number of aliphatic hydroxyl groups excluding tert-OH is 1. The largest absolute Gasteiger partial charge is 0.383 e. The Labute approximate surface area is 239 Å². The average Bonchev–Trinajstić information content (AvgIpc) is 3.32. The number of urea groups is 1. The van der Waals surface area contributed by atoms with Crippen LogP contribution in [0.4, 0.5) is 4.79 Å². The zero-order chi connectivity index (χ0) is 29.7. The molecule has 6 atom stereocenters. The van der Waals surface area contributed by atoms with E-state index in [-0.39, 0.29) is 30.4 Å². The van der Waals surface area contributed by atoms with Gasteiger partial charge in [-0.15, -0.1) is 0 Å². The zero-order valence-electron chi connectivity index (χ0n) is 25.4. The highest BCUT2D eigenvalue weighted by atomic mass is 16.5. The van der Waals surface area contributed by atoms with Crippen LogP contribution in [0.5, 0.6) is 0 Å². The van der Waals surface area contributed by atoms with E-state index in [2.05, 4.69) is 16.0 Å². The Hall–Kier alpha value is -2.20. The number of fused-ring (bicyclic) bond motifs is 3. The molecule has 3 aliphatic heterocycles. The Morgan fingerprint density at radius 1 is 1.02 bits per heavy atom. The maximum absolute atomic E-state index is 14.1. The molecule has 40 heavy (non-hydrogen) atoms. The summed E-state index contributed by atoms with van der Waals surface area (Å²) in [6.45, 7) is 11.2. The van der Waals surface area contributed by atoms with Crippen molar-refractivity contribution in [2.45, 2.75) is 154 Å². The van der Waals surface area contributed by atoms with E-state index < -0.39 is 47.2 Å². The van der Waals surface area contributed by atoms with E-state index in [1.54, 1.807) is 4.90 Å². The average molecular weight is 565 g/mol. The molecule has 0 bridgehead atoms. The number of ketones is 1. The van der Waals surface area contributed by atoms with Crippen molar-refractivity contribution in [1.29, 1.82) is 0 Å². The summed E-state index contributed by atoms with van der Waals surface area (Å²) in [4.78, 5) is 54.5. The van der Waals surface area contributed by atoms with Crippen LogP contribution in [0, 0.1) is 5.92 Å². The zero-order valence-corrected chi connectivity index (χ0v) is 25.4. The van der Waals surface area contributed by atoms with Crippen LogP contribution < -0.4 is 16.0 Å². The molecule has 0 aromatic rings. The number of nitrogens with one attached hydrogen (secondary N) is 3.